The molecule has 0 N–H and O–H groups in total. The molecule has 1 aliphatic carbocycles. The molecule has 0 saturated heterocycles. The summed E-state index contributed by atoms with van der Waals surface area (Å²) in [6.45, 7) is 6.57. The SMILES string of the molecule is CC(C)(C)c1ccc(C(=O)N2N=C3/C(=C/c4cccs4)CCCC3C2c2cccs2)cc1. The molecule has 2 aliphatic rings. The maximum absolute atomic E-state index is 13.7. The molecule has 1 aliphatic heterocycles. The van der Waals surface area contributed by atoms with Crippen molar-refractivity contribution in [1.82, 2.24) is 5.01 Å². The number of thiophene rings is 2. The summed E-state index contributed by atoms with van der Waals surface area (Å²) in [5.74, 6) is 0.243. The number of rotatable bonds is 3. The van der Waals surface area contributed by atoms with Gasteiger partial charge in [0.05, 0.1) is 11.8 Å². The Morgan fingerprint density at radius 3 is 2.47 bits per heavy atom. The summed E-state index contributed by atoms with van der Waals surface area (Å²) >= 11 is 3.47. The number of carbonyl (C=O) groups excluding carboxylic acids is 1. The predicted molar refractivity (Wildman–Crippen MR) is 135 cm³/mol. The zero-order chi connectivity index (χ0) is 22.3. The van der Waals surface area contributed by atoms with E-state index in [0.717, 1.165) is 25.0 Å². The highest BCUT2D eigenvalue weighted by Gasteiger charge is 2.44. The van der Waals surface area contributed by atoms with E-state index in [2.05, 4.69) is 74.0 Å². The van der Waals surface area contributed by atoms with Gasteiger partial charge >= 0.3 is 0 Å². The van der Waals surface area contributed by atoms with Crippen molar-refractivity contribution < 1.29 is 4.79 Å². The third-order valence-corrected chi connectivity index (χ3v) is 8.16. The van der Waals surface area contributed by atoms with Crippen LogP contribution in [0.2, 0.25) is 0 Å². The number of fused-ring (bicyclic) bond motifs is 1. The number of benzene rings is 1. The van der Waals surface area contributed by atoms with E-state index in [1.807, 2.05) is 12.1 Å². The average Bonchev–Trinajstić information content (AvgIpc) is 3.53. The van der Waals surface area contributed by atoms with Gasteiger partial charge in [-0.05, 0) is 76.9 Å². The van der Waals surface area contributed by atoms with Crippen molar-refractivity contribution in [2.75, 3.05) is 0 Å². The molecule has 1 amide bonds. The third kappa shape index (κ3) is 4.00. The van der Waals surface area contributed by atoms with Gasteiger partial charge < -0.3 is 0 Å². The van der Waals surface area contributed by atoms with Crippen molar-refractivity contribution in [2.24, 2.45) is 11.0 Å². The Bertz CT molecular complexity index is 1150. The lowest BCUT2D eigenvalue weighted by Gasteiger charge is -2.28. The smallest absolute Gasteiger partial charge is 0.267 e. The minimum Gasteiger partial charge on any atom is -0.267 e. The first-order chi connectivity index (χ1) is 15.4. The molecule has 0 spiro atoms. The van der Waals surface area contributed by atoms with E-state index in [0.29, 0.717) is 5.56 Å². The second-order valence-corrected chi connectivity index (χ2v) is 11.6. The Morgan fingerprint density at radius 1 is 1.06 bits per heavy atom. The summed E-state index contributed by atoms with van der Waals surface area (Å²) in [7, 11) is 0. The molecule has 3 heterocycles. The second-order valence-electron chi connectivity index (χ2n) is 9.61. The van der Waals surface area contributed by atoms with Gasteiger partial charge in [0.1, 0.15) is 0 Å². The number of allylic oxidation sites excluding steroid dienone is 1. The molecule has 2 atom stereocenters. The van der Waals surface area contributed by atoms with Crippen LogP contribution in [0.5, 0.6) is 0 Å². The summed E-state index contributed by atoms with van der Waals surface area (Å²) < 4.78 is 0. The largest absolute Gasteiger partial charge is 0.274 e. The minimum atomic E-state index is -0.0215. The highest BCUT2D eigenvalue weighted by molar-refractivity contribution is 7.11. The van der Waals surface area contributed by atoms with Gasteiger partial charge in [-0.25, -0.2) is 5.01 Å². The highest BCUT2D eigenvalue weighted by atomic mass is 32.1. The van der Waals surface area contributed by atoms with E-state index in [9.17, 15) is 4.79 Å². The van der Waals surface area contributed by atoms with Crippen LogP contribution >= 0.6 is 22.7 Å². The number of hydrazone groups is 1. The van der Waals surface area contributed by atoms with Gasteiger partial charge in [-0.1, -0.05) is 45.0 Å². The lowest BCUT2D eigenvalue weighted by molar-refractivity contribution is 0.0684. The van der Waals surface area contributed by atoms with Gasteiger partial charge in [0, 0.05) is 21.2 Å². The topological polar surface area (TPSA) is 32.7 Å². The van der Waals surface area contributed by atoms with E-state index in [1.54, 1.807) is 27.7 Å². The van der Waals surface area contributed by atoms with Crippen LogP contribution in [0.3, 0.4) is 0 Å². The fourth-order valence-electron chi connectivity index (χ4n) is 4.70. The van der Waals surface area contributed by atoms with Gasteiger partial charge in [0.25, 0.3) is 5.91 Å². The van der Waals surface area contributed by atoms with Gasteiger partial charge in [0.15, 0.2) is 0 Å². The standard InChI is InChI=1S/C27H28N2OS2/c1-27(2,3)20-13-11-18(12-14-20)26(30)29-25(23-10-6-16-32-23)22-9-4-7-19(24(22)28-29)17-21-8-5-15-31-21/h5-6,8,10-17,22,25H,4,7,9H2,1-3H3/b19-17+. The molecule has 0 bridgehead atoms. The molecule has 1 fully saturated rings. The van der Waals surface area contributed by atoms with Crippen molar-refractivity contribution in [1.29, 1.82) is 0 Å². The Balaban J connectivity index is 1.53. The quantitative estimate of drug-likeness (QED) is 0.397. The summed E-state index contributed by atoms with van der Waals surface area (Å²) in [4.78, 5) is 16.1. The van der Waals surface area contributed by atoms with Crippen LogP contribution in [-0.2, 0) is 5.41 Å². The molecule has 2 aromatic heterocycles. The number of hydrogen-bond donors (Lipinski definition) is 0. The molecule has 2 unspecified atom stereocenters. The first kappa shape index (κ1) is 21.4. The van der Waals surface area contributed by atoms with Crippen molar-refractivity contribution >= 4 is 40.4 Å². The maximum Gasteiger partial charge on any atom is 0.274 e. The van der Waals surface area contributed by atoms with Crippen molar-refractivity contribution in [3.8, 4) is 0 Å². The Morgan fingerprint density at radius 2 is 1.81 bits per heavy atom. The summed E-state index contributed by atoms with van der Waals surface area (Å²) in [6, 6.07) is 16.5. The van der Waals surface area contributed by atoms with E-state index in [1.165, 1.54) is 20.9 Å². The number of hydrogen-bond acceptors (Lipinski definition) is 4. The van der Waals surface area contributed by atoms with E-state index in [-0.39, 0.29) is 23.3 Å². The fraction of sp³-hybridized carbons (Fsp3) is 0.333. The number of amides is 1. The molecule has 0 radical (unpaired) electrons. The second kappa shape index (κ2) is 8.45. The monoisotopic (exact) mass is 460 g/mol. The lowest BCUT2D eigenvalue weighted by atomic mass is 9.79. The van der Waals surface area contributed by atoms with Crippen molar-refractivity contribution in [3.63, 3.8) is 0 Å². The van der Waals surface area contributed by atoms with Gasteiger partial charge in [-0.3, -0.25) is 4.79 Å². The maximum atomic E-state index is 13.7. The first-order valence-corrected chi connectivity index (χ1v) is 13.0. The van der Waals surface area contributed by atoms with Crippen LogP contribution in [0.1, 0.15) is 71.8 Å². The minimum absolute atomic E-state index is 0.0127. The molecule has 3 aromatic rings. The molecule has 5 heteroatoms. The third-order valence-electron chi connectivity index (χ3n) is 6.40. The predicted octanol–water partition coefficient (Wildman–Crippen LogP) is 7.54. The zero-order valence-electron chi connectivity index (χ0n) is 18.7. The van der Waals surface area contributed by atoms with Crippen LogP contribution < -0.4 is 0 Å². The van der Waals surface area contributed by atoms with Crippen LogP contribution in [0.4, 0.5) is 0 Å². The van der Waals surface area contributed by atoms with Crippen LogP contribution in [0.15, 0.2) is 70.0 Å². The lowest BCUT2D eigenvalue weighted by Crippen LogP contribution is -2.31. The molecule has 5 rings (SSSR count). The first-order valence-electron chi connectivity index (χ1n) is 11.2. The van der Waals surface area contributed by atoms with Gasteiger partial charge in [-0.15, -0.1) is 22.7 Å². The Kier molecular flexibility index (Phi) is 5.64. The highest BCUT2D eigenvalue weighted by Crippen LogP contribution is 2.46. The van der Waals surface area contributed by atoms with Crippen LogP contribution in [-0.4, -0.2) is 16.6 Å². The van der Waals surface area contributed by atoms with Crippen molar-refractivity contribution in [3.05, 3.63) is 85.7 Å². The van der Waals surface area contributed by atoms with Crippen LogP contribution in [0.25, 0.3) is 6.08 Å². The Hall–Kier alpha value is -2.50. The van der Waals surface area contributed by atoms with Gasteiger partial charge in [0.2, 0.25) is 0 Å². The molecule has 164 valence electrons. The van der Waals surface area contributed by atoms with Gasteiger partial charge in [-0.2, -0.15) is 5.10 Å². The van der Waals surface area contributed by atoms with E-state index < -0.39 is 0 Å². The molecule has 32 heavy (non-hydrogen) atoms. The Labute approximate surface area is 198 Å². The van der Waals surface area contributed by atoms with E-state index in [4.69, 9.17) is 5.10 Å². The summed E-state index contributed by atoms with van der Waals surface area (Å²) in [6.07, 6.45) is 5.49. The van der Waals surface area contributed by atoms with E-state index >= 15 is 0 Å². The molecule has 3 nitrogen and oxygen atoms in total. The average molecular weight is 461 g/mol. The zero-order valence-corrected chi connectivity index (χ0v) is 20.4. The molecular formula is C27H28N2OS2. The fourth-order valence-corrected chi connectivity index (χ4v) is 6.25. The summed E-state index contributed by atoms with van der Waals surface area (Å²) in [5.41, 5.74) is 4.37. The normalized spacial score (nSPS) is 22.2. The number of carbonyl (C=O) groups is 1. The summed E-state index contributed by atoms with van der Waals surface area (Å²) in [5, 5.41) is 11.0. The molecular weight excluding hydrogens is 432 g/mol. The molecule has 1 saturated carbocycles. The van der Waals surface area contributed by atoms with Crippen LogP contribution in [0, 0.1) is 5.92 Å². The molecule has 1 aromatic carbocycles. The number of nitrogens with zero attached hydrogens (tertiary/aromatic N) is 2. The van der Waals surface area contributed by atoms with Crippen molar-refractivity contribution in [2.45, 2.75) is 51.5 Å².